The van der Waals surface area contributed by atoms with Crippen LogP contribution < -0.4 is 5.32 Å². The Morgan fingerprint density at radius 2 is 2.06 bits per heavy atom. The molecule has 1 aromatic carbocycles. The number of nitrogens with zero attached hydrogens (tertiary/aromatic N) is 1. The lowest BCUT2D eigenvalue weighted by atomic mass is 9.63. The van der Waals surface area contributed by atoms with E-state index in [1.807, 2.05) is 32.0 Å². The SMILES string of the molecule is COC(=O)[C@@H]1C(=O)C2=C(CC1(C)C)Nc1ccc3ncccc3c1[C@H]2c1sccc1C. The van der Waals surface area contributed by atoms with Gasteiger partial charge >= 0.3 is 5.97 Å². The number of carbonyl (C=O) groups excluding carboxylic acids is 2. The highest BCUT2D eigenvalue weighted by molar-refractivity contribution is 7.10. The van der Waals surface area contributed by atoms with Gasteiger partial charge in [-0.05, 0) is 59.5 Å². The third-order valence-electron chi connectivity index (χ3n) is 6.56. The van der Waals surface area contributed by atoms with E-state index in [4.69, 9.17) is 4.74 Å². The molecule has 5 nitrogen and oxygen atoms in total. The average Bonchev–Trinajstić information content (AvgIpc) is 3.16. The molecule has 0 amide bonds. The summed E-state index contributed by atoms with van der Waals surface area (Å²) in [6, 6.07) is 10.1. The summed E-state index contributed by atoms with van der Waals surface area (Å²) in [5.41, 5.74) is 5.12. The van der Waals surface area contributed by atoms with Gasteiger partial charge in [-0.25, -0.2) is 0 Å². The number of anilines is 1. The van der Waals surface area contributed by atoms with Gasteiger partial charge in [-0.15, -0.1) is 11.3 Å². The highest BCUT2D eigenvalue weighted by Gasteiger charge is 2.51. The van der Waals surface area contributed by atoms with Gasteiger partial charge in [-0.3, -0.25) is 14.6 Å². The lowest BCUT2D eigenvalue weighted by Gasteiger charge is -2.43. The number of benzene rings is 1. The van der Waals surface area contributed by atoms with E-state index in [-0.39, 0.29) is 11.7 Å². The van der Waals surface area contributed by atoms with Crippen LogP contribution in [0.5, 0.6) is 0 Å². The zero-order chi connectivity index (χ0) is 21.9. The number of rotatable bonds is 2. The first-order valence-corrected chi connectivity index (χ1v) is 11.2. The van der Waals surface area contributed by atoms with Crippen LogP contribution in [-0.4, -0.2) is 23.8 Å². The van der Waals surface area contributed by atoms with Crippen LogP contribution in [0.4, 0.5) is 5.69 Å². The smallest absolute Gasteiger partial charge is 0.317 e. The van der Waals surface area contributed by atoms with Gasteiger partial charge in [-0.2, -0.15) is 0 Å². The van der Waals surface area contributed by atoms with Crippen molar-refractivity contribution in [3.63, 3.8) is 0 Å². The van der Waals surface area contributed by atoms with Crippen LogP contribution in [0.2, 0.25) is 0 Å². The number of hydrogen-bond acceptors (Lipinski definition) is 6. The molecule has 31 heavy (non-hydrogen) atoms. The van der Waals surface area contributed by atoms with Crippen LogP contribution >= 0.6 is 11.3 Å². The number of thiophene rings is 1. The molecule has 2 aromatic heterocycles. The maximum absolute atomic E-state index is 13.9. The van der Waals surface area contributed by atoms with Crippen molar-refractivity contribution in [3.8, 4) is 0 Å². The Hall–Kier alpha value is -2.99. The second kappa shape index (κ2) is 7.02. The highest BCUT2D eigenvalue weighted by Crippen LogP contribution is 2.53. The van der Waals surface area contributed by atoms with Crippen molar-refractivity contribution >= 4 is 39.7 Å². The molecule has 2 aliphatic rings. The predicted octanol–water partition coefficient (Wildman–Crippen LogP) is 5.20. The van der Waals surface area contributed by atoms with Crippen molar-refractivity contribution in [2.45, 2.75) is 33.1 Å². The van der Waals surface area contributed by atoms with E-state index in [9.17, 15) is 9.59 Å². The van der Waals surface area contributed by atoms with E-state index in [2.05, 4.69) is 34.7 Å². The number of ketones is 1. The zero-order valence-electron chi connectivity index (χ0n) is 18.0. The van der Waals surface area contributed by atoms with E-state index < -0.39 is 17.3 Å². The Labute approximate surface area is 185 Å². The molecule has 3 heterocycles. The summed E-state index contributed by atoms with van der Waals surface area (Å²) in [4.78, 5) is 32.3. The summed E-state index contributed by atoms with van der Waals surface area (Å²) in [6.07, 6.45) is 2.38. The van der Waals surface area contributed by atoms with Gasteiger partial charge in [0.1, 0.15) is 5.92 Å². The van der Waals surface area contributed by atoms with E-state index in [0.717, 1.165) is 38.3 Å². The molecule has 2 atom stereocenters. The summed E-state index contributed by atoms with van der Waals surface area (Å²) in [6.45, 7) is 6.00. The number of aryl methyl sites for hydroxylation is 1. The summed E-state index contributed by atoms with van der Waals surface area (Å²) in [5.74, 6) is -1.67. The summed E-state index contributed by atoms with van der Waals surface area (Å²) < 4.78 is 5.05. The van der Waals surface area contributed by atoms with Crippen molar-refractivity contribution in [3.05, 3.63) is 69.2 Å². The monoisotopic (exact) mass is 432 g/mol. The Morgan fingerprint density at radius 3 is 2.77 bits per heavy atom. The zero-order valence-corrected chi connectivity index (χ0v) is 18.8. The van der Waals surface area contributed by atoms with Gasteiger partial charge in [0.25, 0.3) is 0 Å². The van der Waals surface area contributed by atoms with Crippen LogP contribution in [0.15, 0.2) is 53.2 Å². The third kappa shape index (κ3) is 2.92. The molecule has 0 fully saturated rings. The number of allylic oxidation sites excluding steroid dienone is 2. The number of fused-ring (bicyclic) bond motifs is 3. The number of nitrogens with one attached hydrogen (secondary N) is 1. The van der Waals surface area contributed by atoms with E-state index in [1.54, 1.807) is 17.5 Å². The summed E-state index contributed by atoms with van der Waals surface area (Å²) >= 11 is 1.65. The molecule has 0 radical (unpaired) electrons. The minimum absolute atomic E-state index is 0.144. The summed E-state index contributed by atoms with van der Waals surface area (Å²) in [7, 11) is 1.35. The number of ether oxygens (including phenoxy) is 1. The molecule has 0 bridgehead atoms. The second-order valence-electron chi connectivity index (χ2n) is 9.00. The summed E-state index contributed by atoms with van der Waals surface area (Å²) in [5, 5.41) is 6.63. The fourth-order valence-electron chi connectivity index (χ4n) is 5.13. The van der Waals surface area contributed by atoms with Crippen LogP contribution in [0.25, 0.3) is 10.9 Å². The van der Waals surface area contributed by atoms with Gasteiger partial charge in [0.15, 0.2) is 5.78 Å². The molecular formula is C25H24N2O3S. The average molecular weight is 433 g/mol. The molecule has 0 unspecified atom stereocenters. The Bertz CT molecular complexity index is 1270. The Kier molecular flexibility index (Phi) is 4.52. The van der Waals surface area contributed by atoms with E-state index >= 15 is 0 Å². The number of hydrogen-bond donors (Lipinski definition) is 1. The fraction of sp³-hybridized carbons (Fsp3) is 0.320. The Morgan fingerprint density at radius 1 is 1.26 bits per heavy atom. The first-order chi connectivity index (χ1) is 14.8. The number of methoxy groups -OCH3 is 1. The largest absolute Gasteiger partial charge is 0.468 e. The lowest BCUT2D eigenvalue weighted by molar-refractivity contribution is -0.154. The maximum Gasteiger partial charge on any atom is 0.317 e. The van der Waals surface area contributed by atoms with Gasteiger partial charge in [0.2, 0.25) is 0 Å². The van der Waals surface area contributed by atoms with E-state index in [1.165, 1.54) is 7.11 Å². The number of Topliss-reactive ketones (excluding diaryl/α,β-unsaturated/α-hetero) is 1. The van der Waals surface area contributed by atoms with Gasteiger partial charge in [0.05, 0.1) is 18.5 Å². The van der Waals surface area contributed by atoms with Gasteiger partial charge in [0, 0.05) is 33.4 Å². The van der Waals surface area contributed by atoms with Crippen molar-refractivity contribution in [1.29, 1.82) is 0 Å². The molecule has 6 heteroatoms. The molecule has 158 valence electrons. The first-order valence-electron chi connectivity index (χ1n) is 10.4. The minimum Gasteiger partial charge on any atom is -0.468 e. The van der Waals surface area contributed by atoms with Crippen molar-refractivity contribution < 1.29 is 14.3 Å². The third-order valence-corrected chi connectivity index (χ3v) is 7.64. The molecule has 5 rings (SSSR count). The van der Waals surface area contributed by atoms with Crippen molar-refractivity contribution in [2.75, 3.05) is 12.4 Å². The normalized spacial score (nSPS) is 22.0. The molecule has 1 aliphatic carbocycles. The maximum atomic E-state index is 13.9. The predicted molar refractivity (Wildman–Crippen MR) is 122 cm³/mol. The van der Waals surface area contributed by atoms with Crippen LogP contribution in [0.3, 0.4) is 0 Å². The highest BCUT2D eigenvalue weighted by atomic mass is 32.1. The molecule has 3 aromatic rings. The first kappa shape index (κ1) is 19.9. The minimum atomic E-state index is -0.824. The van der Waals surface area contributed by atoms with Crippen LogP contribution in [-0.2, 0) is 14.3 Å². The van der Waals surface area contributed by atoms with Gasteiger partial charge in [-0.1, -0.05) is 19.9 Å². The van der Waals surface area contributed by atoms with Crippen molar-refractivity contribution in [2.24, 2.45) is 11.3 Å². The molecule has 0 saturated carbocycles. The molecule has 1 N–H and O–H groups in total. The number of carbonyl (C=O) groups is 2. The fourth-order valence-corrected chi connectivity index (χ4v) is 6.17. The van der Waals surface area contributed by atoms with Crippen LogP contribution in [0.1, 0.15) is 42.2 Å². The number of aromatic nitrogens is 1. The molecule has 0 saturated heterocycles. The quantitative estimate of drug-likeness (QED) is 0.445. The second-order valence-corrected chi connectivity index (χ2v) is 9.95. The number of esters is 1. The molecular weight excluding hydrogens is 408 g/mol. The number of pyridine rings is 1. The molecule has 1 aliphatic heterocycles. The van der Waals surface area contributed by atoms with Crippen molar-refractivity contribution in [1.82, 2.24) is 4.98 Å². The van der Waals surface area contributed by atoms with E-state index in [0.29, 0.717) is 12.0 Å². The lowest BCUT2D eigenvalue weighted by Crippen LogP contribution is -2.45. The van der Waals surface area contributed by atoms with Gasteiger partial charge < -0.3 is 10.1 Å². The topological polar surface area (TPSA) is 68.3 Å². The Balaban J connectivity index is 1.81. The van der Waals surface area contributed by atoms with Crippen LogP contribution in [0, 0.1) is 18.3 Å². The molecule has 0 spiro atoms. The standard InChI is InChI=1S/C25H24N2O3S/c1-13-9-11-31-23(13)20-18-14-6-5-10-26-15(14)7-8-16(18)27-17-12-25(2,3)21(24(29)30-4)22(28)19(17)20/h5-11,20-21,27H,12H2,1-4H3/t20-,21+/m1/s1.